The van der Waals surface area contributed by atoms with Crippen LogP contribution in [0.2, 0.25) is 0 Å². The Morgan fingerprint density at radius 3 is 2.59 bits per heavy atom. The molecule has 1 saturated carbocycles. The van der Waals surface area contributed by atoms with Crippen molar-refractivity contribution < 1.29 is 9.18 Å². The molecule has 3 aromatic rings. The second-order valence-electron chi connectivity index (χ2n) is 8.19. The van der Waals surface area contributed by atoms with Gasteiger partial charge in [0.05, 0.1) is 5.92 Å². The SMILES string of the molecule is CC(C)C(C(=O)NC1CCC1)c1ccc(-c2ccc3cccc(F)c3c2)[nH]c1=O. The van der Waals surface area contributed by atoms with Crippen LogP contribution in [0.15, 0.2) is 53.3 Å². The van der Waals surface area contributed by atoms with Crippen LogP contribution in [0.3, 0.4) is 0 Å². The van der Waals surface area contributed by atoms with Crippen LogP contribution in [-0.2, 0) is 4.79 Å². The van der Waals surface area contributed by atoms with Crippen LogP contribution in [-0.4, -0.2) is 16.9 Å². The van der Waals surface area contributed by atoms with Crippen molar-refractivity contribution in [3.05, 3.63) is 70.3 Å². The average Bonchev–Trinajstić information content (AvgIpc) is 2.66. The third-order valence-corrected chi connectivity index (χ3v) is 5.82. The Balaban J connectivity index is 1.67. The fourth-order valence-corrected chi connectivity index (χ4v) is 3.95. The van der Waals surface area contributed by atoms with Crippen LogP contribution in [0.5, 0.6) is 0 Å². The molecule has 1 aliphatic rings. The molecule has 0 spiro atoms. The molecule has 5 heteroatoms. The highest BCUT2D eigenvalue weighted by atomic mass is 19.1. The summed E-state index contributed by atoms with van der Waals surface area (Å²) in [6, 6.07) is 14.1. The van der Waals surface area contributed by atoms with E-state index in [1.54, 1.807) is 24.3 Å². The number of carbonyl (C=O) groups excluding carboxylic acids is 1. The van der Waals surface area contributed by atoms with E-state index in [2.05, 4.69) is 10.3 Å². The Labute approximate surface area is 169 Å². The van der Waals surface area contributed by atoms with Crippen molar-refractivity contribution in [1.82, 2.24) is 10.3 Å². The smallest absolute Gasteiger partial charge is 0.252 e. The van der Waals surface area contributed by atoms with Gasteiger partial charge in [0.25, 0.3) is 5.56 Å². The number of benzene rings is 2. The Morgan fingerprint density at radius 1 is 1.14 bits per heavy atom. The topological polar surface area (TPSA) is 62.0 Å². The van der Waals surface area contributed by atoms with E-state index in [0.29, 0.717) is 16.6 Å². The number of hydrogen-bond acceptors (Lipinski definition) is 2. The third-order valence-electron chi connectivity index (χ3n) is 5.82. The fourth-order valence-electron chi connectivity index (χ4n) is 3.95. The number of amides is 1. The first-order chi connectivity index (χ1) is 13.9. The molecule has 1 fully saturated rings. The van der Waals surface area contributed by atoms with Crippen molar-refractivity contribution >= 4 is 16.7 Å². The monoisotopic (exact) mass is 392 g/mol. The molecule has 2 aromatic carbocycles. The number of fused-ring (bicyclic) bond motifs is 1. The molecule has 4 rings (SSSR count). The maximum Gasteiger partial charge on any atom is 0.252 e. The van der Waals surface area contributed by atoms with Gasteiger partial charge >= 0.3 is 0 Å². The summed E-state index contributed by atoms with van der Waals surface area (Å²) in [5, 5.41) is 4.38. The number of carbonyl (C=O) groups is 1. The van der Waals surface area contributed by atoms with Crippen LogP contribution >= 0.6 is 0 Å². The molecule has 150 valence electrons. The van der Waals surface area contributed by atoms with Crippen molar-refractivity contribution in [2.75, 3.05) is 0 Å². The quantitative estimate of drug-likeness (QED) is 0.659. The summed E-state index contributed by atoms with van der Waals surface area (Å²) >= 11 is 0. The van der Waals surface area contributed by atoms with Gasteiger partial charge in [-0.25, -0.2) is 4.39 Å². The van der Waals surface area contributed by atoms with Gasteiger partial charge in [-0.1, -0.05) is 44.2 Å². The number of aromatic amines is 1. The maximum atomic E-state index is 14.1. The van der Waals surface area contributed by atoms with Crippen molar-refractivity contribution in [3.8, 4) is 11.3 Å². The molecule has 1 unspecified atom stereocenters. The fraction of sp³-hybridized carbons (Fsp3) is 0.333. The number of nitrogens with one attached hydrogen (secondary N) is 2. The molecule has 0 aliphatic heterocycles. The Morgan fingerprint density at radius 2 is 1.93 bits per heavy atom. The number of H-pyrrole nitrogens is 1. The van der Waals surface area contributed by atoms with Gasteiger partial charge in [-0.05, 0) is 54.3 Å². The second-order valence-corrected chi connectivity index (χ2v) is 8.19. The van der Waals surface area contributed by atoms with Gasteiger partial charge in [-0.2, -0.15) is 0 Å². The molecule has 4 nitrogen and oxygen atoms in total. The first kappa shape index (κ1) is 19.4. The molecule has 0 saturated heterocycles. The summed E-state index contributed by atoms with van der Waals surface area (Å²) in [6.45, 7) is 3.90. The summed E-state index contributed by atoms with van der Waals surface area (Å²) in [6.07, 6.45) is 3.15. The van der Waals surface area contributed by atoms with Crippen molar-refractivity contribution in [3.63, 3.8) is 0 Å². The molecule has 1 aromatic heterocycles. The predicted molar refractivity (Wildman–Crippen MR) is 113 cm³/mol. The number of aromatic nitrogens is 1. The largest absolute Gasteiger partial charge is 0.353 e. The van der Waals surface area contributed by atoms with E-state index in [0.717, 1.165) is 30.2 Å². The van der Waals surface area contributed by atoms with Crippen LogP contribution in [0.1, 0.15) is 44.6 Å². The minimum absolute atomic E-state index is 0.00297. The van der Waals surface area contributed by atoms with E-state index >= 15 is 0 Å². The van der Waals surface area contributed by atoms with Crippen LogP contribution < -0.4 is 10.9 Å². The molecule has 29 heavy (non-hydrogen) atoms. The third kappa shape index (κ3) is 3.82. The zero-order valence-corrected chi connectivity index (χ0v) is 16.7. The first-order valence-corrected chi connectivity index (χ1v) is 10.2. The van der Waals surface area contributed by atoms with Gasteiger partial charge in [0.2, 0.25) is 5.91 Å². The molecule has 0 bridgehead atoms. The van der Waals surface area contributed by atoms with Gasteiger partial charge in [0.1, 0.15) is 5.82 Å². The van der Waals surface area contributed by atoms with Gasteiger partial charge < -0.3 is 10.3 Å². The molecule has 1 atom stereocenters. The van der Waals surface area contributed by atoms with Crippen molar-refractivity contribution in [2.24, 2.45) is 5.92 Å². The van der Waals surface area contributed by atoms with E-state index in [-0.39, 0.29) is 29.2 Å². The van der Waals surface area contributed by atoms with Gasteiger partial charge in [0.15, 0.2) is 0 Å². The number of hydrogen-bond donors (Lipinski definition) is 2. The van der Waals surface area contributed by atoms with Gasteiger partial charge in [-0.15, -0.1) is 0 Å². The lowest BCUT2D eigenvalue weighted by atomic mass is 9.86. The summed E-state index contributed by atoms with van der Waals surface area (Å²) in [5.74, 6) is -0.884. The summed E-state index contributed by atoms with van der Waals surface area (Å²) < 4.78 is 14.1. The normalized spacial score (nSPS) is 15.3. The highest BCUT2D eigenvalue weighted by Gasteiger charge is 2.30. The number of pyridine rings is 1. The molecule has 2 N–H and O–H groups in total. The van der Waals surface area contributed by atoms with E-state index in [9.17, 15) is 14.0 Å². The van der Waals surface area contributed by atoms with Gasteiger partial charge in [0, 0.05) is 22.7 Å². The van der Waals surface area contributed by atoms with Crippen LogP contribution in [0, 0.1) is 11.7 Å². The van der Waals surface area contributed by atoms with Gasteiger partial charge in [-0.3, -0.25) is 9.59 Å². The zero-order chi connectivity index (χ0) is 20.5. The van der Waals surface area contributed by atoms with E-state index < -0.39 is 5.92 Å². The molecule has 1 heterocycles. The molecule has 1 amide bonds. The lowest BCUT2D eigenvalue weighted by Gasteiger charge is -2.29. The first-order valence-electron chi connectivity index (χ1n) is 10.2. The molecule has 1 aliphatic carbocycles. The Kier molecular flexibility index (Phi) is 5.22. The van der Waals surface area contributed by atoms with Crippen LogP contribution in [0.4, 0.5) is 4.39 Å². The number of rotatable bonds is 5. The molecular formula is C24H25FN2O2. The van der Waals surface area contributed by atoms with Crippen LogP contribution in [0.25, 0.3) is 22.0 Å². The average molecular weight is 392 g/mol. The van der Waals surface area contributed by atoms with E-state index in [1.165, 1.54) is 6.07 Å². The molecule has 0 radical (unpaired) electrons. The lowest BCUT2D eigenvalue weighted by Crippen LogP contribution is -2.44. The second kappa shape index (κ2) is 7.82. The summed E-state index contributed by atoms with van der Waals surface area (Å²) in [5.41, 5.74) is 1.52. The summed E-state index contributed by atoms with van der Waals surface area (Å²) in [4.78, 5) is 28.5. The Hall–Kier alpha value is -2.95. The van der Waals surface area contributed by atoms with Crippen molar-refractivity contribution in [1.29, 1.82) is 0 Å². The zero-order valence-electron chi connectivity index (χ0n) is 16.7. The van der Waals surface area contributed by atoms with Crippen molar-refractivity contribution in [2.45, 2.75) is 45.1 Å². The summed E-state index contributed by atoms with van der Waals surface area (Å²) in [7, 11) is 0. The molecular weight excluding hydrogens is 367 g/mol. The number of halogens is 1. The minimum Gasteiger partial charge on any atom is -0.353 e. The van der Waals surface area contributed by atoms with E-state index in [1.807, 2.05) is 32.0 Å². The lowest BCUT2D eigenvalue weighted by molar-refractivity contribution is -0.124. The highest BCUT2D eigenvalue weighted by molar-refractivity contribution is 5.87. The van der Waals surface area contributed by atoms with E-state index in [4.69, 9.17) is 0 Å². The Bertz CT molecular complexity index is 1120. The standard InChI is InChI=1S/C24H25FN2O2/c1-14(2)22(24(29)26-17-6-4-7-17)18-11-12-21(27-23(18)28)16-10-9-15-5-3-8-20(25)19(15)13-16/h3,5,8-14,17,22H,4,6-7H2,1-2H3,(H,26,29)(H,27,28). The highest BCUT2D eigenvalue weighted by Crippen LogP contribution is 2.28. The maximum absolute atomic E-state index is 14.1. The predicted octanol–water partition coefficient (Wildman–Crippen LogP) is 4.74. The minimum atomic E-state index is -0.498.